The number of nitrogens with one attached hydrogen (secondary N) is 2. The van der Waals surface area contributed by atoms with E-state index in [-0.39, 0.29) is 37.9 Å². The minimum Gasteiger partial charge on any atom is -0.496 e. The van der Waals surface area contributed by atoms with Crippen LogP contribution in [0.4, 0.5) is 0 Å². The van der Waals surface area contributed by atoms with Crippen LogP contribution in [0.15, 0.2) is 54.6 Å². The van der Waals surface area contributed by atoms with E-state index in [0.717, 1.165) is 0 Å². The molecule has 0 bridgehead atoms. The highest BCUT2D eigenvalue weighted by Crippen LogP contribution is 2.27. The number of aliphatic hydroxyl groups excluding tert-OH is 1. The van der Waals surface area contributed by atoms with E-state index in [1.54, 1.807) is 48.5 Å². The van der Waals surface area contributed by atoms with Crippen molar-refractivity contribution in [2.24, 2.45) is 0 Å². The van der Waals surface area contributed by atoms with E-state index in [4.69, 9.17) is 9.47 Å². The van der Waals surface area contributed by atoms with Gasteiger partial charge in [-0.3, -0.25) is 9.59 Å². The highest BCUT2D eigenvalue weighted by Gasteiger charge is 2.47. The second-order valence-corrected chi connectivity index (χ2v) is 7.18. The topological polar surface area (TPSA) is 117 Å². The quantitative estimate of drug-likeness (QED) is 0.506. The van der Waals surface area contributed by atoms with Gasteiger partial charge >= 0.3 is 0 Å². The molecule has 3 atom stereocenters. The van der Waals surface area contributed by atoms with Crippen LogP contribution < -0.4 is 15.4 Å². The SMILES string of the molecule is COc1ccccc1C(=O)NC[C@H]1OC[C@@](O)(CCNC(=O)c2ccccc2)[C@@H]1O. The largest absolute Gasteiger partial charge is 0.496 e. The van der Waals surface area contributed by atoms with Gasteiger partial charge in [-0.15, -0.1) is 0 Å². The van der Waals surface area contributed by atoms with E-state index in [1.807, 2.05) is 6.07 Å². The predicted molar refractivity (Wildman–Crippen MR) is 109 cm³/mol. The maximum atomic E-state index is 12.4. The van der Waals surface area contributed by atoms with Crippen LogP contribution in [0.2, 0.25) is 0 Å². The number of carbonyl (C=O) groups is 2. The fourth-order valence-corrected chi connectivity index (χ4v) is 3.37. The summed E-state index contributed by atoms with van der Waals surface area (Å²) in [6.45, 7) is 0.103. The Morgan fingerprint density at radius 2 is 1.80 bits per heavy atom. The summed E-state index contributed by atoms with van der Waals surface area (Å²) in [4.78, 5) is 24.5. The molecule has 1 saturated heterocycles. The van der Waals surface area contributed by atoms with Crippen molar-refractivity contribution < 1.29 is 29.3 Å². The lowest BCUT2D eigenvalue weighted by Crippen LogP contribution is -2.48. The molecule has 1 fully saturated rings. The van der Waals surface area contributed by atoms with Crippen molar-refractivity contribution in [3.05, 3.63) is 65.7 Å². The summed E-state index contributed by atoms with van der Waals surface area (Å²) in [7, 11) is 1.48. The van der Waals surface area contributed by atoms with Gasteiger partial charge in [0.25, 0.3) is 11.8 Å². The summed E-state index contributed by atoms with van der Waals surface area (Å²) in [6.07, 6.45) is -1.86. The Balaban J connectivity index is 1.49. The van der Waals surface area contributed by atoms with Crippen LogP contribution >= 0.6 is 0 Å². The minimum atomic E-state index is -1.51. The molecule has 1 heterocycles. The van der Waals surface area contributed by atoms with E-state index >= 15 is 0 Å². The second-order valence-electron chi connectivity index (χ2n) is 7.18. The standard InChI is InChI=1S/C22H26N2O6/c1-29-17-10-6-5-9-16(17)21(27)24-13-18-19(25)22(28,14-30-18)11-12-23-20(26)15-7-3-2-4-8-15/h2-10,18-19,25,28H,11-14H2,1H3,(H,23,26)(H,24,27)/t18-,19-,22+/m1/s1. The van der Waals surface area contributed by atoms with Gasteiger partial charge in [-0.25, -0.2) is 0 Å². The zero-order chi connectivity index (χ0) is 21.6. The van der Waals surface area contributed by atoms with Crippen molar-refractivity contribution in [1.82, 2.24) is 10.6 Å². The molecule has 0 radical (unpaired) electrons. The molecule has 8 nitrogen and oxygen atoms in total. The molecule has 0 saturated carbocycles. The molecule has 30 heavy (non-hydrogen) atoms. The molecule has 2 aromatic carbocycles. The minimum absolute atomic E-state index is 0.0245. The Labute approximate surface area is 174 Å². The average Bonchev–Trinajstić information content (AvgIpc) is 3.06. The summed E-state index contributed by atoms with van der Waals surface area (Å²) in [5, 5.41) is 26.6. The lowest BCUT2D eigenvalue weighted by Gasteiger charge is -2.26. The maximum Gasteiger partial charge on any atom is 0.255 e. The number of benzene rings is 2. The first kappa shape index (κ1) is 21.8. The van der Waals surface area contributed by atoms with Gasteiger partial charge in [0.15, 0.2) is 0 Å². The van der Waals surface area contributed by atoms with Gasteiger partial charge in [-0.1, -0.05) is 30.3 Å². The highest BCUT2D eigenvalue weighted by atomic mass is 16.5. The number of para-hydroxylation sites is 1. The van der Waals surface area contributed by atoms with Crippen LogP contribution in [-0.4, -0.2) is 66.6 Å². The van der Waals surface area contributed by atoms with Gasteiger partial charge in [0, 0.05) is 18.7 Å². The lowest BCUT2D eigenvalue weighted by molar-refractivity contribution is -0.0538. The zero-order valence-corrected chi connectivity index (χ0v) is 16.7. The Hall–Kier alpha value is -2.94. The smallest absolute Gasteiger partial charge is 0.255 e. The average molecular weight is 414 g/mol. The third-order valence-electron chi connectivity index (χ3n) is 5.14. The molecule has 2 aromatic rings. The van der Waals surface area contributed by atoms with E-state index in [9.17, 15) is 19.8 Å². The van der Waals surface area contributed by atoms with Gasteiger partial charge in [0.2, 0.25) is 0 Å². The van der Waals surface area contributed by atoms with Gasteiger partial charge in [-0.05, 0) is 30.7 Å². The van der Waals surface area contributed by atoms with Gasteiger partial charge in [0.05, 0.1) is 19.3 Å². The Morgan fingerprint density at radius 1 is 1.10 bits per heavy atom. The monoisotopic (exact) mass is 414 g/mol. The van der Waals surface area contributed by atoms with Crippen molar-refractivity contribution in [2.45, 2.75) is 24.2 Å². The highest BCUT2D eigenvalue weighted by molar-refractivity contribution is 5.97. The summed E-state index contributed by atoms with van der Waals surface area (Å²) < 4.78 is 10.7. The Bertz CT molecular complexity index is 875. The molecule has 0 unspecified atom stereocenters. The third kappa shape index (κ3) is 4.96. The normalized spacial score (nSPS) is 23.0. The number of aliphatic hydroxyl groups is 2. The van der Waals surface area contributed by atoms with Crippen LogP contribution in [0.3, 0.4) is 0 Å². The van der Waals surface area contributed by atoms with E-state index < -0.39 is 17.8 Å². The maximum absolute atomic E-state index is 12.4. The molecule has 2 amide bonds. The first-order valence-corrected chi connectivity index (χ1v) is 9.71. The van der Waals surface area contributed by atoms with Crippen LogP contribution in [0.1, 0.15) is 27.1 Å². The summed E-state index contributed by atoms with van der Waals surface area (Å²) in [6, 6.07) is 15.5. The van der Waals surface area contributed by atoms with Crippen molar-refractivity contribution in [2.75, 3.05) is 26.8 Å². The van der Waals surface area contributed by atoms with E-state index in [2.05, 4.69) is 10.6 Å². The molecule has 3 rings (SSSR count). The molecule has 8 heteroatoms. The van der Waals surface area contributed by atoms with Crippen LogP contribution in [0, 0.1) is 0 Å². The molecule has 1 aliphatic heterocycles. The number of carbonyl (C=O) groups excluding carboxylic acids is 2. The Kier molecular flexibility index (Phi) is 7.04. The predicted octanol–water partition coefficient (Wildman–Crippen LogP) is 0.736. The van der Waals surface area contributed by atoms with Crippen LogP contribution in [0.5, 0.6) is 5.75 Å². The first-order chi connectivity index (χ1) is 14.4. The molecule has 0 spiro atoms. The fraction of sp³-hybridized carbons (Fsp3) is 0.364. The zero-order valence-electron chi connectivity index (χ0n) is 16.7. The van der Waals surface area contributed by atoms with Crippen LogP contribution in [0.25, 0.3) is 0 Å². The van der Waals surface area contributed by atoms with Crippen molar-refractivity contribution in [3.63, 3.8) is 0 Å². The van der Waals surface area contributed by atoms with Crippen molar-refractivity contribution in [1.29, 1.82) is 0 Å². The third-order valence-corrected chi connectivity index (χ3v) is 5.14. The van der Waals surface area contributed by atoms with Gasteiger partial charge < -0.3 is 30.3 Å². The summed E-state index contributed by atoms with van der Waals surface area (Å²) >= 11 is 0. The summed E-state index contributed by atoms with van der Waals surface area (Å²) in [5.74, 6) is -0.185. The number of methoxy groups -OCH3 is 1. The van der Waals surface area contributed by atoms with Crippen molar-refractivity contribution in [3.8, 4) is 5.75 Å². The molecular formula is C22H26N2O6. The van der Waals surface area contributed by atoms with Gasteiger partial charge in [-0.2, -0.15) is 0 Å². The van der Waals surface area contributed by atoms with Crippen molar-refractivity contribution >= 4 is 11.8 Å². The first-order valence-electron chi connectivity index (χ1n) is 9.71. The van der Waals surface area contributed by atoms with E-state index in [1.165, 1.54) is 7.11 Å². The number of hydrogen-bond acceptors (Lipinski definition) is 6. The molecule has 0 aliphatic carbocycles. The van der Waals surface area contributed by atoms with E-state index in [0.29, 0.717) is 16.9 Å². The second kappa shape index (κ2) is 9.71. The molecular weight excluding hydrogens is 388 g/mol. The van der Waals surface area contributed by atoms with Crippen LogP contribution in [-0.2, 0) is 4.74 Å². The number of amides is 2. The lowest BCUT2D eigenvalue weighted by atomic mass is 9.92. The molecule has 0 aromatic heterocycles. The number of ether oxygens (including phenoxy) is 2. The fourth-order valence-electron chi connectivity index (χ4n) is 3.37. The molecule has 4 N–H and O–H groups in total. The number of rotatable bonds is 8. The summed E-state index contributed by atoms with van der Waals surface area (Å²) in [5.41, 5.74) is -0.625. The molecule has 1 aliphatic rings. The number of hydrogen-bond donors (Lipinski definition) is 4. The molecule has 160 valence electrons. The van der Waals surface area contributed by atoms with Gasteiger partial charge in [0.1, 0.15) is 23.6 Å². The Morgan fingerprint density at radius 3 is 2.53 bits per heavy atom.